The highest BCUT2D eigenvalue weighted by atomic mass is 32.1. The summed E-state index contributed by atoms with van der Waals surface area (Å²) in [6.45, 7) is 8.54. The van der Waals surface area contributed by atoms with Crippen LogP contribution >= 0.6 is 22.7 Å². The molecule has 0 fully saturated rings. The van der Waals surface area contributed by atoms with Gasteiger partial charge in [-0.2, -0.15) is 0 Å². The van der Waals surface area contributed by atoms with Crippen LogP contribution in [0.25, 0.3) is 194 Å². The van der Waals surface area contributed by atoms with E-state index < -0.39 is 0 Å². The summed E-state index contributed by atoms with van der Waals surface area (Å²) in [5.41, 5.74) is 23.5. The van der Waals surface area contributed by atoms with E-state index in [0.717, 1.165) is 22.3 Å². The van der Waals surface area contributed by atoms with Crippen LogP contribution < -0.4 is 0 Å². The molecule has 0 atom stereocenters. The van der Waals surface area contributed by atoms with E-state index in [-0.39, 0.29) is 0 Å². The highest BCUT2D eigenvalue weighted by Gasteiger charge is 2.23. The zero-order valence-corrected chi connectivity index (χ0v) is 61.4. The molecule has 0 saturated heterocycles. The lowest BCUT2D eigenvalue weighted by molar-refractivity contribution is 0.672. The molecule has 0 saturated carbocycles. The van der Waals surface area contributed by atoms with Gasteiger partial charge in [-0.25, -0.2) is 0 Å². The molecule has 108 heavy (non-hydrogen) atoms. The summed E-state index contributed by atoms with van der Waals surface area (Å²) in [5, 5.41) is 20.3. The van der Waals surface area contributed by atoms with Gasteiger partial charge in [0.25, 0.3) is 0 Å². The second kappa shape index (κ2) is 25.2. The van der Waals surface area contributed by atoms with Gasteiger partial charge in [-0.15, -0.1) is 22.7 Å². The van der Waals surface area contributed by atoms with Gasteiger partial charge in [0.15, 0.2) is 0 Å². The monoisotopic (exact) mass is 1420 g/mol. The minimum absolute atomic E-state index is 0.937. The average molecular weight is 1420 g/mol. The third kappa shape index (κ3) is 10.1. The summed E-state index contributed by atoms with van der Waals surface area (Å²) >= 11 is 3.81. The fraction of sp³-hybridized carbons (Fsp3) is 0.0400. The van der Waals surface area contributed by atoms with Crippen molar-refractivity contribution in [1.29, 1.82) is 0 Å². The van der Waals surface area contributed by atoms with E-state index >= 15 is 0 Å². The van der Waals surface area contributed by atoms with Crippen molar-refractivity contribution in [2.75, 3.05) is 0 Å². The summed E-state index contributed by atoms with van der Waals surface area (Å²) in [4.78, 5) is 0. The van der Waals surface area contributed by atoms with Gasteiger partial charge in [0.2, 0.25) is 0 Å². The largest absolute Gasteiger partial charge is 0.455 e. The molecule has 8 aromatic heterocycles. The molecule has 16 aromatic carbocycles. The molecule has 0 unspecified atom stereocenters. The fourth-order valence-electron chi connectivity index (χ4n) is 17.0. The standard InChI is InChI=1S/2C25H17NO.2C25H17NS/c1-16-7-6-8-17(15-16)26-21-11-4-2-10-20(21)24-22(26)14-13-19-18-9-3-5-12-23(18)27-25(19)24;1-16-10-12-17(13-11-16)26-21-8-4-2-7-20(21)24-22(26)15-14-19-18-6-3-5-9-23(18)27-25(19)24;1-16-7-6-8-17(15-16)26-21-11-4-2-10-20(21)24-22(26)14-13-19-18-9-3-5-12-23(18)27-25(19)24;1-16-10-12-17(13-11-16)26-21-8-4-2-7-20(21)24-22(26)15-14-19-18-6-3-5-9-23(18)27-25(19)24/h4*2-15H,1H3. The third-order valence-electron chi connectivity index (χ3n) is 21.8. The van der Waals surface area contributed by atoms with Gasteiger partial charge in [0, 0.05) is 117 Å². The number of benzene rings is 16. The maximum atomic E-state index is 6.33. The van der Waals surface area contributed by atoms with Gasteiger partial charge in [0.05, 0.1) is 54.9 Å². The van der Waals surface area contributed by atoms with Crippen LogP contribution in [0.5, 0.6) is 0 Å². The van der Waals surface area contributed by atoms with Crippen LogP contribution in [-0.4, -0.2) is 18.3 Å². The Bertz CT molecular complexity index is 7280. The number of hydrogen-bond acceptors (Lipinski definition) is 4. The van der Waals surface area contributed by atoms with Crippen molar-refractivity contribution in [2.24, 2.45) is 0 Å². The maximum absolute atomic E-state index is 6.33. The van der Waals surface area contributed by atoms with Crippen LogP contribution in [-0.2, 0) is 0 Å². The molecule has 0 bridgehead atoms. The van der Waals surface area contributed by atoms with Crippen LogP contribution in [0.2, 0.25) is 0 Å². The Morgan fingerprint density at radius 2 is 0.509 bits per heavy atom. The van der Waals surface area contributed by atoms with E-state index in [1.807, 2.05) is 46.9 Å². The van der Waals surface area contributed by atoms with Gasteiger partial charge < -0.3 is 27.1 Å². The quantitative estimate of drug-likeness (QED) is 0.176. The Morgan fingerprint density at radius 1 is 0.204 bits per heavy atom. The first-order valence-electron chi connectivity index (χ1n) is 36.9. The van der Waals surface area contributed by atoms with Crippen molar-refractivity contribution in [3.63, 3.8) is 0 Å². The third-order valence-corrected chi connectivity index (χ3v) is 24.2. The van der Waals surface area contributed by atoms with Crippen molar-refractivity contribution in [1.82, 2.24) is 18.3 Å². The number of fused-ring (bicyclic) bond motifs is 28. The highest BCUT2D eigenvalue weighted by Crippen LogP contribution is 2.47. The Morgan fingerprint density at radius 3 is 0.889 bits per heavy atom. The van der Waals surface area contributed by atoms with E-state index in [2.05, 4.69) is 361 Å². The van der Waals surface area contributed by atoms with Gasteiger partial charge in [-0.3, -0.25) is 0 Å². The first kappa shape index (κ1) is 63.3. The first-order valence-corrected chi connectivity index (χ1v) is 38.5. The Labute approximate surface area is 629 Å². The molecule has 0 amide bonds. The number of para-hydroxylation sites is 6. The highest BCUT2D eigenvalue weighted by molar-refractivity contribution is 7.27. The van der Waals surface area contributed by atoms with E-state index in [4.69, 9.17) is 8.83 Å². The number of rotatable bonds is 4. The van der Waals surface area contributed by atoms with Crippen LogP contribution in [0.4, 0.5) is 0 Å². The summed E-state index contributed by atoms with van der Waals surface area (Å²) in [5.74, 6) is 0. The van der Waals surface area contributed by atoms with Crippen molar-refractivity contribution >= 4 is 194 Å². The first-order chi connectivity index (χ1) is 53.2. The lowest BCUT2D eigenvalue weighted by Crippen LogP contribution is -1.93. The molecule has 0 radical (unpaired) electrons. The second-order valence-electron chi connectivity index (χ2n) is 28.5. The molecule has 0 aliphatic rings. The molecule has 24 aromatic rings. The van der Waals surface area contributed by atoms with Crippen LogP contribution in [0.3, 0.4) is 0 Å². The lowest BCUT2D eigenvalue weighted by Gasteiger charge is -2.08. The molecule has 6 nitrogen and oxygen atoms in total. The molecule has 8 heteroatoms. The van der Waals surface area contributed by atoms with Crippen molar-refractivity contribution in [3.8, 4) is 22.7 Å². The van der Waals surface area contributed by atoms with Crippen LogP contribution in [0.1, 0.15) is 22.3 Å². The van der Waals surface area contributed by atoms with Crippen molar-refractivity contribution < 1.29 is 8.83 Å². The summed E-state index contributed by atoms with van der Waals surface area (Å²) in [6, 6.07) is 122. The molecule has 512 valence electrons. The number of hydrogen-bond donors (Lipinski definition) is 0. The van der Waals surface area contributed by atoms with Crippen molar-refractivity contribution in [3.05, 3.63) is 362 Å². The zero-order valence-electron chi connectivity index (χ0n) is 59.8. The Balaban J connectivity index is 0.0000000919. The molecule has 24 rings (SSSR count). The van der Waals surface area contributed by atoms with Gasteiger partial charge in [-0.05, 0) is 172 Å². The average Bonchev–Trinajstić information content (AvgIpc) is 1.58. The van der Waals surface area contributed by atoms with Gasteiger partial charge in [-0.1, -0.05) is 217 Å². The molecular weight excluding hydrogens is 1350 g/mol. The second-order valence-corrected chi connectivity index (χ2v) is 30.6. The summed E-state index contributed by atoms with van der Waals surface area (Å²) in [6.07, 6.45) is 0. The predicted molar refractivity (Wildman–Crippen MR) is 462 cm³/mol. The summed E-state index contributed by atoms with van der Waals surface area (Å²) < 4.78 is 27.6. The molecule has 0 N–H and O–H groups in total. The minimum atomic E-state index is 0.937. The molecule has 0 spiro atoms. The van der Waals surface area contributed by atoms with Crippen LogP contribution in [0, 0.1) is 27.7 Å². The topological polar surface area (TPSA) is 46.0 Å². The minimum Gasteiger partial charge on any atom is -0.455 e. The molecular formula is C100H68N4O2S2. The smallest absolute Gasteiger partial charge is 0.145 e. The van der Waals surface area contributed by atoms with Gasteiger partial charge >= 0.3 is 0 Å². The predicted octanol–water partition coefficient (Wildman–Crippen LogP) is 28.9. The Hall–Kier alpha value is -13.2. The van der Waals surface area contributed by atoms with Crippen LogP contribution in [0.15, 0.2) is 349 Å². The molecule has 8 heterocycles. The van der Waals surface area contributed by atoms with E-state index in [1.165, 1.54) is 194 Å². The zero-order chi connectivity index (χ0) is 71.8. The maximum Gasteiger partial charge on any atom is 0.145 e. The number of aromatic nitrogens is 4. The fourth-order valence-corrected chi connectivity index (χ4v) is 19.5. The normalized spacial score (nSPS) is 11.9. The van der Waals surface area contributed by atoms with Crippen molar-refractivity contribution in [2.45, 2.75) is 27.7 Å². The van der Waals surface area contributed by atoms with E-state index in [0.29, 0.717) is 0 Å². The van der Waals surface area contributed by atoms with E-state index in [9.17, 15) is 0 Å². The molecule has 0 aliphatic carbocycles. The number of nitrogens with zero attached hydrogens (tertiary/aromatic N) is 4. The Kier molecular flexibility index (Phi) is 14.8. The van der Waals surface area contributed by atoms with E-state index in [1.54, 1.807) is 0 Å². The SMILES string of the molecule is Cc1ccc(-n2c3ccccc3c3c4oc5ccccc5c4ccc32)cc1.Cc1ccc(-n2c3ccccc3c3c4sc5ccccc5c4ccc32)cc1.Cc1cccc(-n2c3ccccc3c3c4oc5ccccc5c4ccc32)c1.Cc1cccc(-n2c3ccccc3c3c4sc5ccccc5c4ccc32)c1. The number of thiophene rings is 2. The summed E-state index contributed by atoms with van der Waals surface area (Å²) in [7, 11) is 0. The number of furan rings is 2. The lowest BCUT2D eigenvalue weighted by atomic mass is 10.1. The molecule has 0 aliphatic heterocycles. The number of aryl methyl sites for hydroxylation is 4. The van der Waals surface area contributed by atoms with Gasteiger partial charge in [0.1, 0.15) is 22.3 Å².